The van der Waals surface area contributed by atoms with Gasteiger partial charge in [-0.2, -0.15) is 9.42 Å². The van der Waals surface area contributed by atoms with Gasteiger partial charge < -0.3 is 5.11 Å². The Kier molecular flexibility index (Phi) is 6.46. The molecule has 1 aliphatic rings. The maximum atomic E-state index is 12.8. The van der Waals surface area contributed by atoms with Crippen LogP contribution in [0.2, 0.25) is 0 Å². The molecule has 3 rings (SSSR count). The number of hydrogen-bond acceptors (Lipinski definition) is 5. The van der Waals surface area contributed by atoms with Crippen molar-refractivity contribution in [3.63, 3.8) is 0 Å². The van der Waals surface area contributed by atoms with E-state index in [1.165, 1.54) is 0 Å². The van der Waals surface area contributed by atoms with Crippen LogP contribution >= 0.6 is 0 Å². The van der Waals surface area contributed by atoms with Crippen LogP contribution < -0.4 is 0 Å². The van der Waals surface area contributed by atoms with Crippen LogP contribution in [0.3, 0.4) is 0 Å². The predicted octanol–water partition coefficient (Wildman–Crippen LogP) is 5.50. The van der Waals surface area contributed by atoms with Crippen molar-refractivity contribution < 1.29 is 13.5 Å². The van der Waals surface area contributed by atoms with Crippen molar-refractivity contribution in [2.45, 2.75) is 50.3 Å². The van der Waals surface area contributed by atoms with E-state index >= 15 is 0 Å². The number of hydrogen-bond donors (Lipinski definition) is 1. The van der Waals surface area contributed by atoms with Gasteiger partial charge in [-0.1, -0.05) is 32.8 Å². The van der Waals surface area contributed by atoms with E-state index in [1.807, 2.05) is 12.1 Å². The van der Waals surface area contributed by atoms with Gasteiger partial charge in [-0.3, -0.25) is 0 Å². The lowest BCUT2D eigenvalue weighted by Crippen LogP contribution is -2.31. The number of benzene rings is 2. The molecule has 0 aliphatic carbocycles. The third kappa shape index (κ3) is 4.77. The van der Waals surface area contributed by atoms with Crippen molar-refractivity contribution in [2.75, 3.05) is 13.1 Å². The third-order valence-electron chi connectivity index (χ3n) is 4.98. The van der Waals surface area contributed by atoms with Crippen LogP contribution in [0.5, 0.6) is 5.75 Å². The molecule has 1 fully saturated rings. The van der Waals surface area contributed by atoms with Crippen LogP contribution in [0, 0.1) is 0 Å². The molecule has 1 saturated heterocycles. The highest BCUT2D eigenvalue weighted by Crippen LogP contribution is 2.32. The summed E-state index contributed by atoms with van der Waals surface area (Å²) in [4.78, 5) is 0.276. The summed E-state index contributed by atoms with van der Waals surface area (Å²) in [6.45, 7) is 5.29. The molecule has 0 unspecified atom stereocenters. The largest absolute Gasteiger partial charge is 0.506 e. The summed E-state index contributed by atoms with van der Waals surface area (Å²) >= 11 is 0. The zero-order chi connectivity index (χ0) is 20.1. The van der Waals surface area contributed by atoms with Crippen LogP contribution in [0.25, 0.3) is 0 Å². The first-order valence-corrected chi connectivity index (χ1v) is 11.2. The van der Waals surface area contributed by atoms with E-state index in [1.54, 1.807) is 34.6 Å². The fourth-order valence-corrected chi connectivity index (χ4v) is 4.72. The van der Waals surface area contributed by atoms with Crippen molar-refractivity contribution in [3.05, 3.63) is 48.0 Å². The molecule has 0 spiro atoms. The summed E-state index contributed by atoms with van der Waals surface area (Å²) in [5.74, 6) is 0.381. The summed E-state index contributed by atoms with van der Waals surface area (Å²) in [5.41, 5.74) is 1.99. The normalized spacial score (nSPS) is 16.5. The molecular weight excluding hydrogens is 374 g/mol. The van der Waals surface area contributed by atoms with E-state index in [9.17, 15) is 13.5 Å². The van der Waals surface area contributed by atoms with Crippen molar-refractivity contribution in [3.8, 4) is 5.75 Å². The summed E-state index contributed by atoms with van der Waals surface area (Å²) in [7, 11) is -3.47. The lowest BCUT2D eigenvalue weighted by atomic mass is 10.0. The van der Waals surface area contributed by atoms with Crippen LogP contribution in [0.15, 0.2) is 57.6 Å². The van der Waals surface area contributed by atoms with Crippen LogP contribution in [0.1, 0.15) is 51.0 Å². The molecule has 2 aromatic carbocycles. The number of aromatic hydroxyl groups is 1. The van der Waals surface area contributed by atoms with E-state index in [-0.39, 0.29) is 10.6 Å². The summed E-state index contributed by atoms with van der Waals surface area (Å²) in [5, 5.41) is 18.2. The molecule has 0 aromatic heterocycles. The van der Waals surface area contributed by atoms with Gasteiger partial charge in [0, 0.05) is 13.1 Å². The Bertz CT molecular complexity index is 930. The number of phenols is 1. The SMILES string of the molecule is CC(C)c1ccc(O)c(N=Nc2ccc(S(=O)(=O)N3CCCCCC3)cc2)c1. The predicted molar refractivity (Wildman–Crippen MR) is 110 cm³/mol. The highest BCUT2D eigenvalue weighted by molar-refractivity contribution is 7.89. The highest BCUT2D eigenvalue weighted by Gasteiger charge is 2.24. The van der Waals surface area contributed by atoms with Gasteiger partial charge in [0.1, 0.15) is 11.4 Å². The van der Waals surface area contributed by atoms with Crippen LogP contribution in [0.4, 0.5) is 11.4 Å². The lowest BCUT2D eigenvalue weighted by Gasteiger charge is -2.19. The fourth-order valence-electron chi connectivity index (χ4n) is 3.21. The smallest absolute Gasteiger partial charge is 0.243 e. The molecular formula is C21H27N3O3S. The molecule has 0 saturated carbocycles. The minimum absolute atomic E-state index is 0.0634. The van der Waals surface area contributed by atoms with E-state index in [4.69, 9.17) is 0 Å². The molecule has 7 heteroatoms. The molecule has 1 aliphatic heterocycles. The average molecular weight is 402 g/mol. The zero-order valence-electron chi connectivity index (χ0n) is 16.4. The molecule has 1 N–H and O–H groups in total. The second-order valence-corrected chi connectivity index (χ2v) is 9.35. The standard InChI is InChI=1S/C21H27N3O3S/c1-16(2)17-7-12-21(25)20(15-17)23-22-18-8-10-19(11-9-18)28(26,27)24-13-5-3-4-6-14-24/h7-12,15-16,25H,3-6,13-14H2,1-2H3. The van der Waals surface area contributed by atoms with Gasteiger partial charge in [-0.15, -0.1) is 5.11 Å². The van der Waals surface area contributed by atoms with Gasteiger partial charge in [-0.05, 0) is 60.7 Å². The van der Waals surface area contributed by atoms with Gasteiger partial charge in [0.15, 0.2) is 0 Å². The minimum atomic E-state index is -3.47. The monoisotopic (exact) mass is 401 g/mol. The molecule has 28 heavy (non-hydrogen) atoms. The molecule has 0 amide bonds. The molecule has 6 nitrogen and oxygen atoms in total. The van der Waals surface area contributed by atoms with E-state index in [2.05, 4.69) is 24.1 Å². The Labute approximate surface area is 167 Å². The molecule has 0 radical (unpaired) electrons. The fraction of sp³-hybridized carbons (Fsp3) is 0.429. The summed E-state index contributed by atoms with van der Waals surface area (Å²) < 4.78 is 27.2. The number of rotatable bonds is 5. The van der Waals surface area contributed by atoms with Crippen molar-refractivity contribution in [1.82, 2.24) is 4.31 Å². The Morgan fingerprint density at radius 1 is 0.929 bits per heavy atom. The molecule has 1 heterocycles. The van der Waals surface area contributed by atoms with Crippen LogP contribution in [-0.4, -0.2) is 30.9 Å². The maximum absolute atomic E-state index is 12.8. The number of sulfonamides is 1. The molecule has 0 bridgehead atoms. The van der Waals surface area contributed by atoms with Gasteiger partial charge in [0.05, 0.1) is 10.6 Å². The van der Waals surface area contributed by atoms with Crippen molar-refractivity contribution >= 4 is 21.4 Å². The van der Waals surface area contributed by atoms with E-state index in [0.29, 0.717) is 30.4 Å². The Balaban J connectivity index is 1.77. The quantitative estimate of drug-likeness (QED) is 0.672. The zero-order valence-corrected chi connectivity index (χ0v) is 17.2. The Morgan fingerprint density at radius 3 is 2.18 bits per heavy atom. The van der Waals surface area contributed by atoms with E-state index < -0.39 is 10.0 Å². The molecule has 2 aromatic rings. The Hall–Kier alpha value is -2.25. The average Bonchev–Trinajstić information content (AvgIpc) is 2.97. The first-order valence-electron chi connectivity index (χ1n) is 9.73. The van der Waals surface area contributed by atoms with Gasteiger partial charge in [0.25, 0.3) is 0 Å². The minimum Gasteiger partial charge on any atom is -0.506 e. The summed E-state index contributed by atoms with van der Waals surface area (Å²) in [6.07, 6.45) is 3.97. The van der Waals surface area contributed by atoms with Crippen molar-refractivity contribution in [2.24, 2.45) is 10.2 Å². The number of phenolic OH excluding ortho intramolecular Hbond substituents is 1. The number of nitrogens with zero attached hydrogens (tertiary/aromatic N) is 3. The first-order chi connectivity index (χ1) is 13.4. The van der Waals surface area contributed by atoms with Crippen molar-refractivity contribution in [1.29, 1.82) is 0 Å². The van der Waals surface area contributed by atoms with Crippen LogP contribution in [-0.2, 0) is 10.0 Å². The Morgan fingerprint density at radius 2 is 1.57 bits per heavy atom. The second kappa shape index (κ2) is 8.84. The van der Waals surface area contributed by atoms with Gasteiger partial charge in [-0.25, -0.2) is 8.42 Å². The number of azo groups is 1. The lowest BCUT2D eigenvalue weighted by molar-refractivity contribution is 0.424. The maximum Gasteiger partial charge on any atom is 0.243 e. The first kappa shape index (κ1) is 20.5. The molecule has 150 valence electrons. The van der Waals surface area contributed by atoms with Gasteiger partial charge in [0.2, 0.25) is 10.0 Å². The topological polar surface area (TPSA) is 82.3 Å². The second-order valence-electron chi connectivity index (χ2n) is 7.42. The van der Waals surface area contributed by atoms with Gasteiger partial charge >= 0.3 is 0 Å². The molecule has 0 atom stereocenters. The third-order valence-corrected chi connectivity index (χ3v) is 6.89. The summed E-state index contributed by atoms with van der Waals surface area (Å²) in [6, 6.07) is 11.7. The highest BCUT2D eigenvalue weighted by atomic mass is 32.2. The van der Waals surface area contributed by atoms with E-state index in [0.717, 1.165) is 31.2 Å².